The lowest BCUT2D eigenvalue weighted by Crippen LogP contribution is -2.04. The molecule has 6 heteroatoms. The van der Waals surface area contributed by atoms with Crippen LogP contribution in [0.1, 0.15) is 66.8 Å². The van der Waals surface area contributed by atoms with Gasteiger partial charge in [0.05, 0.1) is 0 Å². The number of hydrogen-bond acceptors (Lipinski definition) is 6. The first-order chi connectivity index (χ1) is 18.5. The average molecular weight is 527 g/mol. The predicted molar refractivity (Wildman–Crippen MR) is 156 cm³/mol. The molecule has 39 heavy (non-hydrogen) atoms. The second kappa shape index (κ2) is 11.4. The van der Waals surface area contributed by atoms with Gasteiger partial charge in [-0.3, -0.25) is 0 Å². The molecule has 0 atom stereocenters. The van der Waals surface area contributed by atoms with Gasteiger partial charge in [0.1, 0.15) is 23.0 Å². The van der Waals surface area contributed by atoms with Crippen LogP contribution in [0.2, 0.25) is 0 Å². The molecule has 8 N–H and O–H groups in total. The van der Waals surface area contributed by atoms with Gasteiger partial charge in [-0.05, 0) is 94.5 Å². The van der Waals surface area contributed by atoms with E-state index >= 15 is 0 Å². The van der Waals surface area contributed by atoms with Crippen molar-refractivity contribution in [1.82, 2.24) is 0 Å². The van der Waals surface area contributed by atoms with E-state index in [9.17, 15) is 20.4 Å². The summed E-state index contributed by atoms with van der Waals surface area (Å²) in [4.78, 5) is 0. The maximum Gasteiger partial charge on any atom is 0.122 e. The molecule has 0 fully saturated rings. The summed E-state index contributed by atoms with van der Waals surface area (Å²) < 4.78 is 0. The highest BCUT2D eigenvalue weighted by molar-refractivity contribution is 5.54. The third kappa shape index (κ3) is 6.03. The van der Waals surface area contributed by atoms with Gasteiger partial charge in [0.15, 0.2) is 0 Å². The summed E-state index contributed by atoms with van der Waals surface area (Å²) in [5.41, 5.74) is 21.7. The fourth-order valence-electron chi connectivity index (χ4n) is 5.38. The Morgan fingerprint density at radius 2 is 0.692 bits per heavy atom. The molecule has 0 aliphatic heterocycles. The molecule has 0 saturated carbocycles. The summed E-state index contributed by atoms with van der Waals surface area (Å²) in [6.45, 7) is 8.07. The van der Waals surface area contributed by atoms with Crippen LogP contribution in [0.3, 0.4) is 0 Å². The van der Waals surface area contributed by atoms with Crippen molar-refractivity contribution in [3.05, 3.63) is 115 Å². The molecule has 0 amide bonds. The summed E-state index contributed by atoms with van der Waals surface area (Å²) in [7, 11) is 0. The van der Waals surface area contributed by atoms with Crippen LogP contribution in [0.25, 0.3) is 0 Å². The zero-order chi connectivity index (χ0) is 28.4. The molecule has 4 aromatic carbocycles. The van der Waals surface area contributed by atoms with Crippen LogP contribution in [0, 0.1) is 27.7 Å². The van der Waals surface area contributed by atoms with Gasteiger partial charge in [0.2, 0.25) is 0 Å². The minimum atomic E-state index is 0.166. The van der Waals surface area contributed by atoms with Gasteiger partial charge in [-0.15, -0.1) is 0 Å². The zero-order valence-electron chi connectivity index (χ0n) is 23.1. The number of phenols is 4. The second-order valence-corrected chi connectivity index (χ2v) is 10.6. The maximum absolute atomic E-state index is 11.3. The first-order valence-electron chi connectivity index (χ1n) is 13.2. The molecule has 0 aliphatic carbocycles. The van der Waals surface area contributed by atoms with Crippen molar-refractivity contribution in [3.8, 4) is 23.0 Å². The van der Waals surface area contributed by atoms with Gasteiger partial charge in [0, 0.05) is 32.4 Å². The summed E-state index contributed by atoms with van der Waals surface area (Å²) >= 11 is 0. The molecule has 0 unspecified atom stereocenters. The van der Waals surface area contributed by atoms with E-state index in [1.807, 2.05) is 76.2 Å². The van der Waals surface area contributed by atoms with Crippen molar-refractivity contribution in [1.29, 1.82) is 0 Å². The highest BCUT2D eigenvalue weighted by atomic mass is 16.3. The van der Waals surface area contributed by atoms with E-state index in [-0.39, 0.29) is 23.0 Å². The molecule has 4 rings (SSSR count). The van der Waals surface area contributed by atoms with Gasteiger partial charge < -0.3 is 31.9 Å². The minimum absolute atomic E-state index is 0.166. The molecule has 0 spiro atoms. The van der Waals surface area contributed by atoms with Crippen molar-refractivity contribution in [2.24, 2.45) is 11.5 Å². The summed E-state index contributed by atoms with van der Waals surface area (Å²) in [5, 5.41) is 42.9. The number of nitrogens with two attached hydrogens (primary N) is 2. The SMILES string of the molecule is Cc1cc(Cc2cc(CN)cc(Cc3cc(CN)cc(Cc4cc(C)c(O)c(C)c4)c3O)c2O)cc(C)c1O. The normalized spacial score (nSPS) is 11.2. The molecular weight excluding hydrogens is 488 g/mol. The van der Waals surface area contributed by atoms with Crippen LogP contribution >= 0.6 is 0 Å². The minimum Gasteiger partial charge on any atom is -0.507 e. The van der Waals surface area contributed by atoms with Gasteiger partial charge >= 0.3 is 0 Å². The largest absolute Gasteiger partial charge is 0.507 e. The Kier molecular flexibility index (Phi) is 8.19. The van der Waals surface area contributed by atoms with E-state index in [4.69, 9.17) is 11.5 Å². The standard InChI is InChI=1S/C33H38N2O4/c1-18-5-22(6-19(2)30(18)36)9-26-11-24(16-34)13-28(32(26)38)15-29-14-25(17-35)12-27(33(29)39)10-23-7-20(3)31(37)21(4)8-23/h5-8,11-14,36-39H,9-10,15-17,34-35H2,1-4H3. The van der Waals surface area contributed by atoms with Crippen molar-refractivity contribution in [3.63, 3.8) is 0 Å². The molecule has 0 saturated heterocycles. The van der Waals surface area contributed by atoms with E-state index in [2.05, 4.69) is 0 Å². The quantitative estimate of drug-likeness (QED) is 0.181. The van der Waals surface area contributed by atoms with Gasteiger partial charge in [-0.2, -0.15) is 0 Å². The molecule has 0 heterocycles. The van der Waals surface area contributed by atoms with Gasteiger partial charge in [0.25, 0.3) is 0 Å². The van der Waals surface area contributed by atoms with E-state index in [1.165, 1.54) is 0 Å². The Balaban J connectivity index is 1.72. The molecule has 6 nitrogen and oxygen atoms in total. The molecular formula is C33H38N2O4. The van der Waals surface area contributed by atoms with E-state index in [0.29, 0.717) is 43.5 Å². The lowest BCUT2D eigenvalue weighted by atomic mass is 9.91. The monoisotopic (exact) mass is 526 g/mol. The van der Waals surface area contributed by atoms with Crippen molar-refractivity contribution >= 4 is 0 Å². The number of rotatable bonds is 8. The third-order valence-corrected chi connectivity index (χ3v) is 7.40. The smallest absolute Gasteiger partial charge is 0.122 e. The van der Waals surface area contributed by atoms with E-state index in [1.54, 1.807) is 0 Å². The van der Waals surface area contributed by atoms with Crippen molar-refractivity contribution in [2.45, 2.75) is 60.0 Å². The zero-order valence-corrected chi connectivity index (χ0v) is 23.1. The van der Waals surface area contributed by atoms with Crippen LogP contribution in [-0.4, -0.2) is 20.4 Å². The lowest BCUT2D eigenvalue weighted by molar-refractivity contribution is 0.456. The first kappa shape index (κ1) is 28.0. The maximum atomic E-state index is 11.3. The number of phenolic OH excluding ortho intramolecular Hbond substituents is 4. The molecule has 0 radical (unpaired) electrons. The number of hydrogen-bond donors (Lipinski definition) is 6. The Morgan fingerprint density at radius 3 is 0.974 bits per heavy atom. The van der Waals surface area contributed by atoms with Gasteiger partial charge in [-0.1, -0.05) is 48.5 Å². The highest BCUT2D eigenvalue weighted by Gasteiger charge is 2.17. The third-order valence-electron chi connectivity index (χ3n) is 7.40. The first-order valence-corrected chi connectivity index (χ1v) is 13.2. The van der Waals surface area contributed by atoms with Crippen LogP contribution in [0.15, 0.2) is 48.5 Å². The lowest BCUT2D eigenvalue weighted by Gasteiger charge is -2.17. The van der Waals surface area contributed by atoms with Crippen LogP contribution < -0.4 is 11.5 Å². The number of aryl methyl sites for hydroxylation is 4. The Labute approximate surface area is 230 Å². The number of benzene rings is 4. The highest BCUT2D eigenvalue weighted by Crippen LogP contribution is 2.35. The number of aromatic hydroxyl groups is 4. The van der Waals surface area contributed by atoms with Crippen LogP contribution in [0.5, 0.6) is 23.0 Å². The molecule has 0 aromatic heterocycles. The topological polar surface area (TPSA) is 133 Å². The molecule has 204 valence electrons. The Hall–Kier alpha value is -4.00. The van der Waals surface area contributed by atoms with Crippen molar-refractivity contribution in [2.75, 3.05) is 0 Å². The molecule has 0 aliphatic rings. The fourth-order valence-corrected chi connectivity index (χ4v) is 5.38. The summed E-state index contributed by atoms with van der Waals surface area (Å²) in [5.74, 6) is 0.894. The Morgan fingerprint density at radius 1 is 0.410 bits per heavy atom. The van der Waals surface area contributed by atoms with Crippen LogP contribution in [-0.2, 0) is 32.4 Å². The van der Waals surface area contributed by atoms with Crippen molar-refractivity contribution < 1.29 is 20.4 Å². The summed E-state index contributed by atoms with van der Waals surface area (Å²) in [6, 6.07) is 15.3. The Bertz CT molecular complexity index is 1380. The molecule has 0 bridgehead atoms. The van der Waals surface area contributed by atoms with E-state index < -0.39 is 0 Å². The van der Waals surface area contributed by atoms with E-state index in [0.717, 1.165) is 55.6 Å². The predicted octanol–water partition coefficient (Wildman–Crippen LogP) is 5.43. The average Bonchev–Trinajstić information content (AvgIpc) is 2.89. The van der Waals surface area contributed by atoms with Crippen LogP contribution in [0.4, 0.5) is 0 Å². The summed E-state index contributed by atoms with van der Waals surface area (Å²) in [6.07, 6.45) is 1.27. The fraction of sp³-hybridized carbons (Fsp3) is 0.273. The second-order valence-electron chi connectivity index (χ2n) is 10.6. The van der Waals surface area contributed by atoms with Gasteiger partial charge in [-0.25, -0.2) is 0 Å². The molecule has 4 aromatic rings.